The summed E-state index contributed by atoms with van der Waals surface area (Å²) in [6.45, 7) is 2.11. The molecule has 0 spiro atoms. The fraction of sp³-hybridized carbons (Fsp3) is 0.316. The first-order valence-corrected chi connectivity index (χ1v) is 9.20. The average Bonchev–Trinajstić information content (AvgIpc) is 2.90. The standard InChI is InChI=1S/C19H20FN2OS/c20-17-9-7-16(8-10-17)19(23)14-21-11-4-12-24-18(21)22(19)13-15-5-2-1-3-6-15/h1-3,5-10,23H,4,11-14H2/q+1/t19-/m1/s1. The zero-order valence-electron chi connectivity index (χ0n) is 13.4. The first-order chi connectivity index (χ1) is 11.7. The number of nitrogens with zero attached hydrogens (tertiary/aromatic N) is 2. The third kappa shape index (κ3) is 2.72. The molecule has 0 saturated carbocycles. The molecule has 2 aliphatic heterocycles. The van der Waals surface area contributed by atoms with E-state index in [0.29, 0.717) is 13.1 Å². The van der Waals surface area contributed by atoms with Crippen molar-refractivity contribution >= 4 is 16.9 Å². The third-order valence-corrected chi connectivity index (χ3v) is 5.88. The summed E-state index contributed by atoms with van der Waals surface area (Å²) in [4.78, 5) is 2.07. The van der Waals surface area contributed by atoms with Crippen LogP contribution in [-0.4, -0.2) is 38.6 Å². The summed E-state index contributed by atoms with van der Waals surface area (Å²) in [7, 11) is 0. The summed E-state index contributed by atoms with van der Waals surface area (Å²) < 4.78 is 15.6. The molecular weight excluding hydrogens is 323 g/mol. The maximum atomic E-state index is 13.3. The molecule has 0 bridgehead atoms. The van der Waals surface area contributed by atoms with Gasteiger partial charge in [-0.1, -0.05) is 30.3 Å². The molecule has 2 aromatic rings. The minimum absolute atomic E-state index is 0.283. The van der Waals surface area contributed by atoms with Gasteiger partial charge in [-0.3, -0.25) is 0 Å². The monoisotopic (exact) mass is 343 g/mol. The van der Waals surface area contributed by atoms with Gasteiger partial charge in [0.1, 0.15) is 12.4 Å². The third-order valence-electron chi connectivity index (χ3n) is 4.65. The Bertz CT molecular complexity index is 763. The second-order valence-corrected chi connectivity index (χ2v) is 7.36. The molecule has 1 atom stereocenters. The van der Waals surface area contributed by atoms with E-state index in [1.54, 1.807) is 23.9 Å². The molecule has 2 heterocycles. The highest BCUT2D eigenvalue weighted by molar-refractivity contribution is 8.13. The Balaban J connectivity index is 1.73. The fourth-order valence-corrected chi connectivity index (χ4v) is 4.61. The summed E-state index contributed by atoms with van der Waals surface area (Å²) in [6, 6.07) is 16.4. The molecule has 0 aliphatic carbocycles. The Morgan fingerprint density at radius 3 is 2.62 bits per heavy atom. The lowest BCUT2D eigenvalue weighted by molar-refractivity contribution is -0.532. The fourth-order valence-electron chi connectivity index (χ4n) is 3.44. The van der Waals surface area contributed by atoms with Gasteiger partial charge in [-0.2, -0.15) is 0 Å². The normalized spacial score (nSPS) is 23.5. The first-order valence-electron chi connectivity index (χ1n) is 8.21. The minimum atomic E-state index is -1.13. The van der Waals surface area contributed by atoms with E-state index in [1.165, 1.54) is 12.1 Å². The van der Waals surface area contributed by atoms with Crippen LogP contribution < -0.4 is 0 Å². The highest BCUT2D eigenvalue weighted by Gasteiger charge is 2.53. The highest BCUT2D eigenvalue weighted by atomic mass is 32.2. The number of hydrogen-bond donors (Lipinski definition) is 1. The number of aliphatic hydroxyl groups is 1. The van der Waals surface area contributed by atoms with Gasteiger partial charge >= 0.3 is 5.17 Å². The van der Waals surface area contributed by atoms with Gasteiger partial charge in [-0.05, 0) is 48.0 Å². The van der Waals surface area contributed by atoms with Crippen LogP contribution in [0.25, 0.3) is 0 Å². The lowest BCUT2D eigenvalue weighted by Crippen LogP contribution is -2.45. The van der Waals surface area contributed by atoms with Crippen LogP contribution in [0.1, 0.15) is 17.5 Å². The zero-order chi connectivity index (χ0) is 16.6. The van der Waals surface area contributed by atoms with Crippen LogP contribution in [0, 0.1) is 5.82 Å². The number of thioether (sulfide) groups is 1. The molecule has 4 rings (SSSR count). The Morgan fingerprint density at radius 1 is 1.12 bits per heavy atom. The van der Waals surface area contributed by atoms with Gasteiger partial charge in [-0.25, -0.2) is 13.9 Å². The van der Waals surface area contributed by atoms with Gasteiger partial charge in [0.05, 0.1) is 6.54 Å². The van der Waals surface area contributed by atoms with E-state index in [0.717, 1.165) is 35.0 Å². The Hall–Kier alpha value is -1.85. The molecule has 2 aliphatic rings. The van der Waals surface area contributed by atoms with Crippen LogP contribution >= 0.6 is 11.8 Å². The number of halogens is 1. The van der Waals surface area contributed by atoms with E-state index < -0.39 is 5.72 Å². The topological polar surface area (TPSA) is 26.5 Å². The molecule has 124 valence electrons. The van der Waals surface area contributed by atoms with Crippen LogP contribution in [0.3, 0.4) is 0 Å². The maximum absolute atomic E-state index is 13.3. The number of benzene rings is 2. The molecule has 0 aromatic heterocycles. The molecular formula is C19H20FN2OS+. The van der Waals surface area contributed by atoms with E-state index in [9.17, 15) is 9.50 Å². The van der Waals surface area contributed by atoms with Gasteiger partial charge in [0, 0.05) is 11.3 Å². The van der Waals surface area contributed by atoms with Crippen LogP contribution in [0.2, 0.25) is 0 Å². The molecule has 0 unspecified atom stereocenters. The van der Waals surface area contributed by atoms with Crippen molar-refractivity contribution < 1.29 is 14.1 Å². The smallest absolute Gasteiger partial charge is 0.311 e. The lowest BCUT2D eigenvalue weighted by Gasteiger charge is -2.28. The zero-order valence-corrected chi connectivity index (χ0v) is 14.2. The van der Waals surface area contributed by atoms with Gasteiger partial charge in [0.2, 0.25) is 0 Å². The van der Waals surface area contributed by atoms with Gasteiger partial charge in [-0.15, -0.1) is 0 Å². The van der Waals surface area contributed by atoms with E-state index >= 15 is 0 Å². The number of amidine groups is 1. The Kier molecular flexibility index (Phi) is 4.06. The van der Waals surface area contributed by atoms with E-state index in [4.69, 9.17) is 0 Å². The van der Waals surface area contributed by atoms with Crippen molar-refractivity contribution in [3.63, 3.8) is 0 Å². The predicted octanol–water partition coefficient (Wildman–Crippen LogP) is 2.99. The van der Waals surface area contributed by atoms with Crippen molar-refractivity contribution in [1.29, 1.82) is 0 Å². The van der Waals surface area contributed by atoms with E-state index in [1.807, 2.05) is 18.2 Å². The molecule has 0 fully saturated rings. The quantitative estimate of drug-likeness (QED) is 0.868. The largest absolute Gasteiger partial charge is 0.346 e. The SMILES string of the molecule is O[C@@]1(c2ccc(F)cc2)C[N+]2=C(SCCC2)N1Cc1ccccc1. The molecule has 0 amide bonds. The average molecular weight is 343 g/mol. The van der Waals surface area contributed by atoms with Crippen molar-refractivity contribution in [2.75, 3.05) is 18.8 Å². The van der Waals surface area contributed by atoms with Crippen molar-refractivity contribution in [2.45, 2.75) is 18.7 Å². The van der Waals surface area contributed by atoms with Gasteiger partial charge in [0.25, 0.3) is 5.72 Å². The van der Waals surface area contributed by atoms with Crippen LogP contribution in [0.5, 0.6) is 0 Å². The lowest BCUT2D eigenvalue weighted by atomic mass is 10.0. The van der Waals surface area contributed by atoms with Gasteiger partial charge < -0.3 is 5.11 Å². The molecule has 3 nitrogen and oxygen atoms in total. The van der Waals surface area contributed by atoms with Crippen molar-refractivity contribution in [1.82, 2.24) is 4.90 Å². The molecule has 1 N–H and O–H groups in total. The van der Waals surface area contributed by atoms with Crippen molar-refractivity contribution in [3.8, 4) is 0 Å². The molecule has 5 heteroatoms. The summed E-state index contributed by atoms with van der Waals surface area (Å²) in [5.41, 5.74) is 0.761. The minimum Gasteiger partial charge on any atom is -0.346 e. The summed E-state index contributed by atoms with van der Waals surface area (Å²) in [6.07, 6.45) is 1.12. The molecule has 24 heavy (non-hydrogen) atoms. The van der Waals surface area contributed by atoms with Gasteiger partial charge in [0.15, 0.2) is 6.54 Å². The van der Waals surface area contributed by atoms with Crippen molar-refractivity contribution in [3.05, 3.63) is 71.5 Å². The summed E-state index contributed by atoms with van der Waals surface area (Å²) >= 11 is 1.80. The highest BCUT2D eigenvalue weighted by Crippen LogP contribution is 2.37. The number of rotatable bonds is 3. The number of hydrogen-bond acceptors (Lipinski definition) is 3. The van der Waals surface area contributed by atoms with Crippen LogP contribution in [-0.2, 0) is 12.3 Å². The predicted molar refractivity (Wildman–Crippen MR) is 94.4 cm³/mol. The Labute approximate surface area is 145 Å². The van der Waals surface area contributed by atoms with Crippen molar-refractivity contribution in [2.24, 2.45) is 0 Å². The van der Waals surface area contributed by atoms with Crippen LogP contribution in [0.15, 0.2) is 54.6 Å². The second-order valence-electron chi connectivity index (χ2n) is 6.30. The van der Waals surface area contributed by atoms with E-state index in [-0.39, 0.29) is 5.82 Å². The molecule has 0 saturated heterocycles. The molecule has 2 aromatic carbocycles. The Morgan fingerprint density at radius 2 is 1.88 bits per heavy atom. The summed E-state index contributed by atoms with van der Waals surface area (Å²) in [5.74, 6) is 0.783. The maximum Gasteiger partial charge on any atom is 0.311 e. The summed E-state index contributed by atoms with van der Waals surface area (Å²) in [5, 5.41) is 12.7. The second kappa shape index (κ2) is 6.22. The van der Waals surface area contributed by atoms with E-state index in [2.05, 4.69) is 21.6 Å². The first kappa shape index (κ1) is 15.7. The molecule has 0 radical (unpaired) electrons. The van der Waals surface area contributed by atoms with Crippen LogP contribution in [0.4, 0.5) is 4.39 Å².